The molecule has 0 radical (unpaired) electrons. The average molecular weight is 375 g/mol. The van der Waals surface area contributed by atoms with Crippen molar-refractivity contribution >= 4 is 44.9 Å². The highest BCUT2D eigenvalue weighted by Gasteiger charge is 2.28. The van der Waals surface area contributed by atoms with Crippen LogP contribution >= 0.6 is 34.7 Å². The Bertz CT molecular complexity index is 816. The van der Waals surface area contributed by atoms with Gasteiger partial charge in [0.15, 0.2) is 0 Å². The van der Waals surface area contributed by atoms with Gasteiger partial charge < -0.3 is 0 Å². The Morgan fingerprint density at radius 3 is 2.52 bits per heavy atom. The number of halogens is 4. The molecule has 0 spiro atoms. The lowest BCUT2D eigenvalue weighted by atomic mass is 10.1. The van der Waals surface area contributed by atoms with Crippen LogP contribution in [0, 0.1) is 0 Å². The number of fused-ring (bicyclic) bond motifs is 1. The number of alkyl halides is 3. The fourth-order valence-electron chi connectivity index (χ4n) is 2.21. The predicted octanol–water partition coefficient (Wildman–Crippen LogP) is 5.74. The second kappa shape index (κ2) is 6.67. The standard InChI is InChI=1S/C15H10ClF3N2S2/c16-11-7-22-14-13(11)12(20-8-21-14)6-3-9-1-4-10(5-2-9)23-15(17,18)19/h1-2,4-5,7-8H,3,6H2. The molecule has 2 aromatic heterocycles. The number of thioether (sulfide) groups is 1. The van der Waals surface area contributed by atoms with E-state index in [1.165, 1.54) is 29.8 Å². The van der Waals surface area contributed by atoms with Crippen LogP contribution in [0.5, 0.6) is 0 Å². The van der Waals surface area contributed by atoms with E-state index in [9.17, 15) is 13.2 Å². The molecule has 0 aliphatic rings. The minimum Gasteiger partial charge on any atom is -0.241 e. The molecule has 0 aliphatic carbocycles. The van der Waals surface area contributed by atoms with Gasteiger partial charge in [-0.1, -0.05) is 23.7 Å². The van der Waals surface area contributed by atoms with Crippen molar-refractivity contribution in [2.75, 3.05) is 0 Å². The molecular formula is C15H10ClF3N2S2. The highest BCUT2D eigenvalue weighted by atomic mass is 35.5. The Balaban J connectivity index is 1.71. The fourth-order valence-corrected chi connectivity index (χ4v) is 3.92. The summed E-state index contributed by atoms with van der Waals surface area (Å²) in [5.74, 6) is 0. The van der Waals surface area contributed by atoms with E-state index in [1.807, 2.05) is 5.38 Å². The number of rotatable bonds is 4. The fraction of sp³-hybridized carbons (Fsp3) is 0.200. The highest BCUT2D eigenvalue weighted by molar-refractivity contribution is 8.00. The second-order valence-electron chi connectivity index (χ2n) is 4.78. The number of nitrogens with zero attached hydrogens (tertiary/aromatic N) is 2. The average Bonchev–Trinajstić information content (AvgIpc) is 2.87. The maximum absolute atomic E-state index is 12.3. The molecule has 23 heavy (non-hydrogen) atoms. The molecule has 0 saturated carbocycles. The van der Waals surface area contributed by atoms with Crippen molar-refractivity contribution in [2.24, 2.45) is 0 Å². The lowest BCUT2D eigenvalue weighted by Gasteiger charge is -2.07. The zero-order chi connectivity index (χ0) is 16.4. The molecule has 1 aromatic carbocycles. The summed E-state index contributed by atoms with van der Waals surface area (Å²) in [4.78, 5) is 9.49. The minimum absolute atomic E-state index is 0.108. The van der Waals surface area contributed by atoms with Gasteiger partial charge in [-0.3, -0.25) is 0 Å². The van der Waals surface area contributed by atoms with Gasteiger partial charge in [-0.15, -0.1) is 11.3 Å². The maximum atomic E-state index is 12.3. The van der Waals surface area contributed by atoms with Crippen molar-refractivity contribution in [2.45, 2.75) is 23.2 Å². The third-order valence-corrected chi connectivity index (χ3v) is 5.26. The number of aromatic nitrogens is 2. The first-order valence-electron chi connectivity index (χ1n) is 6.63. The molecule has 0 saturated heterocycles. The van der Waals surface area contributed by atoms with Crippen molar-refractivity contribution in [3.8, 4) is 0 Å². The Kier molecular flexibility index (Phi) is 4.79. The summed E-state index contributed by atoms with van der Waals surface area (Å²) in [5.41, 5.74) is -2.45. The quantitative estimate of drug-likeness (QED) is 0.544. The highest BCUT2D eigenvalue weighted by Crippen LogP contribution is 2.36. The van der Waals surface area contributed by atoms with E-state index in [-0.39, 0.29) is 16.7 Å². The largest absolute Gasteiger partial charge is 0.446 e. The van der Waals surface area contributed by atoms with E-state index < -0.39 is 5.51 Å². The first-order chi connectivity index (χ1) is 10.9. The van der Waals surface area contributed by atoms with Gasteiger partial charge >= 0.3 is 5.51 Å². The van der Waals surface area contributed by atoms with Crippen molar-refractivity contribution < 1.29 is 13.2 Å². The van der Waals surface area contributed by atoms with Crippen LogP contribution in [0.15, 0.2) is 40.9 Å². The summed E-state index contributed by atoms with van der Waals surface area (Å²) in [6, 6.07) is 6.39. The molecule has 2 heterocycles. The summed E-state index contributed by atoms with van der Waals surface area (Å²) < 4.78 is 36.9. The molecule has 3 rings (SSSR count). The Morgan fingerprint density at radius 1 is 1.09 bits per heavy atom. The van der Waals surface area contributed by atoms with Crippen LogP contribution in [0.4, 0.5) is 13.2 Å². The van der Waals surface area contributed by atoms with Gasteiger partial charge in [0.25, 0.3) is 0 Å². The molecule has 0 N–H and O–H groups in total. The van der Waals surface area contributed by atoms with E-state index in [1.54, 1.807) is 12.1 Å². The van der Waals surface area contributed by atoms with Crippen LogP contribution < -0.4 is 0 Å². The summed E-state index contributed by atoms with van der Waals surface area (Å²) in [5, 5.41) is 3.33. The Morgan fingerprint density at radius 2 is 1.83 bits per heavy atom. The normalized spacial score (nSPS) is 12.0. The summed E-state index contributed by atoms with van der Waals surface area (Å²) in [6.45, 7) is 0. The van der Waals surface area contributed by atoms with Crippen molar-refractivity contribution in [3.63, 3.8) is 0 Å². The molecule has 0 bridgehead atoms. The maximum Gasteiger partial charge on any atom is 0.446 e. The third kappa shape index (κ3) is 4.16. The van der Waals surface area contributed by atoms with Crippen molar-refractivity contribution in [1.82, 2.24) is 9.97 Å². The van der Waals surface area contributed by atoms with Gasteiger partial charge in [0.1, 0.15) is 11.2 Å². The van der Waals surface area contributed by atoms with Gasteiger partial charge in [0.05, 0.1) is 16.1 Å². The van der Waals surface area contributed by atoms with Gasteiger partial charge in [0, 0.05) is 10.3 Å². The van der Waals surface area contributed by atoms with E-state index in [4.69, 9.17) is 11.6 Å². The molecular weight excluding hydrogens is 365 g/mol. The molecule has 0 fully saturated rings. The molecule has 2 nitrogen and oxygen atoms in total. The third-order valence-electron chi connectivity index (χ3n) is 3.21. The summed E-state index contributed by atoms with van der Waals surface area (Å²) in [7, 11) is 0. The number of thiophene rings is 1. The molecule has 120 valence electrons. The SMILES string of the molecule is FC(F)(F)Sc1ccc(CCc2ncnc3scc(Cl)c23)cc1. The smallest absolute Gasteiger partial charge is 0.241 e. The van der Waals surface area contributed by atoms with Crippen LogP contribution in [-0.2, 0) is 12.8 Å². The van der Waals surface area contributed by atoms with Crippen molar-refractivity contribution in [3.05, 3.63) is 52.3 Å². The van der Waals surface area contributed by atoms with Crippen LogP contribution in [-0.4, -0.2) is 15.5 Å². The van der Waals surface area contributed by atoms with Crippen LogP contribution in [0.25, 0.3) is 10.2 Å². The Hall–Kier alpha value is -1.31. The molecule has 0 atom stereocenters. The summed E-state index contributed by atoms with van der Waals surface area (Å²) >= 11 is 7.52. The number of hydrogen-bond acceptors (Lipinski definition) is 4. The second-order valence-corrected chi connectivity index (χ2v) is 7.18. The zero-order valence-corrected chi connectivity index (χ0v) is 14.0. The van der Waals surface area contributed by atoms with Gasteiger partial charge in [-0.05, 0) is 42.3 Å². The molecule has 0 unspecified atom stereocenters. The first kappa shape index (κ1) is 16.5. The van der Waals surface area contributed by atoms with Crippen LogP contribution in [0.3, 0.4) is 0 Å². The monoisotopic (exact) mass is 374 g/mol. The lowest BCUT2D eigenvalue weighted by molar-refractivity contribution is -0.0328. The summed E-state index contributed by atoms with van der Waals surface area (Å²) in [6.07, 6.45) is 2.84. The minimum atomic E-state index is -4.26. The van der Waals surface area contributed by atoms with Gasteiger partial charge in [0.2, 0.25) is 0 Å². The molecule has 0 aliphatic heterocycles. The topological polar surface area (TPSA) is 25.8 Å². The van der Waals surface area contributed by atoms with Crippen molar-refractivity contribution in [1.29, 1.82) is 0 Å². The number of benzene rings is 1. The van der Waals surface area contributed by atoms with Gasteiger partial charge in [-0.2, -0.15) is 13.2 Å². The van der Waals surface area contributed by atoms with E-state index in [0.717, 1.165) is 21.5 Å². The van der Waals surface area contributed by atoms with E-state index >= 15 is 0 Å². The molecule has 0 amide bonds. The number of aryl methyl sites for hydroxylation is 2. The zero-order valence-electron chi connectivity index (χ0n) is 11.6. The first-order valence-corrected chi connectivity index (χ1v) is 8.71. The molecule has 8 heteroatoms. The Labute approximate surface area is 143 Å². The van der Waals surface area contributed by atoms with E-state index in [0.29, 0.717) is 17.9 Å². The van der Waals surface area contributed by atoms with E-state index in [2.05, 4.69) is 9.97 Å². The predicted molar refractivity (Wildman–Crippen MR) is 88.2 cm³/mol. The van der Waals surface area contributed by atoms with Gasteiger partial charge in [-0.25, -0.2) is 9.97 Å². The molecule has 3 aromatic rings. The van der Waals surface area contributed by atoms with Crippen LogP contribution in [0.2, 0.25) is 5.02 Å². The lowest BCUT2D eigenvalue weighted by Crippen LogP contribution is -1.99. The van der Waals surface area contributed by atoms with Crippen LogP contribution in [0.1, 0.15) is 11.3 Å². The number of hydrogen-bond donors (Lipinski definition) is 0.